The Labute approximate surface area is 113 Å². The van der Waals surface area contributed by atoms with Crippen LogP contribution in [0.5, 0.6) is 0 Å². The van der Waals surface area contributed by atoms with E-state index in [0.29, 0.717) is 16.7 Å². The molecule has 1 aromatic carbocycles. The van der Waals surface area contributed by atoms with Gasteiger partial charge in [-0.1, -0.05) is 11.6 Å². The molecule has 1 unspecified atom stereocenters. The number of hydrogen-bond donors (Lipinski definition) is 1. The average Bonchev–Trinajstić information content (AvgIpc) is 2.88. The van der Waals surface area contributed by atoms with Gasteiger partial charge in [-0.3, -0.25) is 0 Å². The first kappa shape index (κ1) is 13.2. The molecule has 0 spiro atoms. The van der Waals surface area contributed by atoms with Crippen LogP contribution in [-0.4, -0.2) is 19.3 Å². The highest BCUT2D eigenvalue weighted by Crippen LogP contribution is 2.21. The van der Waals surface area contributed by atoms with Gasteiger partial charge in [-0.05, 0) is 43.9 Å². The fourth-order valence-electron chi connectivity index (χ4n) is 2.15. The number of nitrogens with one attached hydrogen (secondary N) is 1. The number of benzene rings is 1. The van der Waals surface area contributed by atoms with Gasteiger partial charge in [-0.2, -0.15) is 5.26 Å². The van der Waals surface area contributed by atoms with Gasteiger partial charge in [0.05, 0.1) is 16.7 Å². The summed E-state index contributed by atoms with van der Waals surface area (Å²) in [4.78, 5) is 0. The van der Waals surface area contributed by atoms with Crippen molar-refractivity contribution in [2.24, 2.45) is 0 Å². The minimum atomic E-state index is 0.455. The number of hydrogen-bond acceptors (Lipinski definition) is 3. The summed E-state index contributed by atoms with van der Waals surface area (Å²) in [6, 6.07) is 7.47. The van der Waals surface area contributed by atoms with Crippen LogP contribution in [0.15, 0.2) is 18.2 Å². The van der Waals surface area contributed by atoms with Crippen molar-refractivity contribution < 1.29 is 4.74 Å². The molecule has 1 heterocycles. The second kappa shape index (κ2) is 6.63. The first-order valence-corrected chi connectivity index (χ1v) is 6.72. The van der Waals surface area contributed by atoms with Gasteiger partial charge in [0.1, 0.15) is 6.07 Å². The fourth-order valence-corrected chi connectivity index (χ4v) is 2.37. The highest BCUT2D eigenvalue weighted by Gasteiger charge is 2.14. The van der Waals surface area contributed by atoms with Gasteiger partial charge in [-0.25, -0.2) is 0 Å². The molecule has 0 radical (unpaired) electrons. The molecule has 1 aromatic rings. The Hall–Kier alpha value is -1.24. The zero-order chi connectivity index (χ0) is 12.8. The Kier molecular flexibility index (Phi) is 4.86. The maximum absolute atomic E-state index is 8.78. The molecule has 0 bridgehead atoms. The molecule has 2 rings (SSSR count). The van der Waals surface area contributed by atoms with Gasteiger partial charge in [0, 0.05) is 18.8 Å². The van der Waals surface area contributed by atoms with Crippen molar-refractivity contribution >= 4 is 17.3 Å². The summed E-state index contributed by atoms with van der Waals surface area (Å²) < 4.78 is 5.57. The summed E-state index contributed by atoms with van der Waals surface area (Å²) in [6.07, 6.45) is 5.04. The number of rotatable bonds is 5. The molecule has 1 aliphatic rings. The summed E-state index contributed by atoms with van der Waals surface area (Å²) in [5, 5.41) is 12.6. The van der Waals surface area contributed by atoms with Crippen LogP contribution in [-0.2, 0) is 4.74 Å². The largest absolute Gasteiger partial charge is 0.385 e. The van der Waals surface area contributed by atoms with E-state index >= 15 is 0 Å². The number of nitrogens with zero attached hydrogens (tertiary/aromatic N) is 1. The number of halogens is 1. The van der Waals surface area contributed by atoms with E-state index in [4.69, 9.17) is 21.6 Å². The van der Waals surface area contributed by atoms with Crippen molar-refractivity contribution in [2.75, 3.05) is 18.5 Å². The lowest BCUT2D eigenvalue weighted by molar-refractivity contribution is 0.103. The molecule has 1 N–H and O–H groups in total. The highest BCUT2D eigenvalue weighted by molar-refractivity contribution is 6.32. The smallest absolute Gasteiger partial charge is 0.101 e. The van der Waals surface area contributed by atoms with Crippen LogP contribution in [0.3, 0.4) is 0 Å². The minimum Gasteiger partial charge on any atom is -0.385 e. The van der Waals surface area contributed by atoms with Crippen molar-refractivity contribution in [1.29, 1.82) is 5.26 Å². The molecule has 0 aliphatic carbocycles. The Morgan fingerprint density at radius 1 is 1.50 bits per heavy atom. The Bertz CT molecular complexity index is 436. The van der Waals surface area contributed by atoms with E-state index in [1.165, 1.54) is 12.8 Å². The molecule has 18 heavy (non-hydrogen) atoms. The van der Waals surface area contributed by atoms with Gasteiger partial charge in [0.25, 0.3) is 0 Å². The monoisotopic (exact) mass is 264 g/mol. The summed E-state index contributed by atoms with van der Waals surface area (Å²) in [7, 11) is 0. The lowest BCUT2D eigenvalue weighted by atomic mass is 10.1. The third-order valence-corrected chi connectivity index (χ3v) is 3.46. The van der Waals surface area contributed by atoms with Crippen LogP contribution in [0.2, 0.25) is 5.02 Å². The van der Waals surface area contributed by atoms with Crippen molar-refractivity contribution in [3.05, 3.63) is 28.8 Å². The van der Waals surface area contributed by atoms with Gasteiger partial charge in [-0.15, -0.1) is 0 Å². The predicted molar refractivity (Wildman–Crippen MR) is 72.9 cm³/mol. The third-order valence-electron chi connectivity index (χ3n) is 3.15. The average molecular weight is 265 g/mol. The quantitative estimate of drug-likeness (QED) is 0.827. The van der Waals surface area contributed by atoms with Crippen LogP contribution in [0, 0.1) is 11.3 Å². The van der Waals surface area contributed by atoms with Crippen LogP contribution >= 0.6 is 11.6 Å². The van der Waals surface area contributed by atoms with Gasteiger partial charge in [0.15, 0.2) is 0 Å². The Morgan fingerprint density at radius 3 is 3.06 bits per heavy atom. The van der Waals surface area contributed by atoms with E-state index in [2.05, 4.69) is 11.4 Å². The normalized spacial score (nSPS) is 18.6. The van der Waals surface area contributed by atoms with Crippen LogP contribution in [0.4, 0.5) is 5.69 Å². The molecule has 0 aromatic heterocycles. The third kappa shape index (κ3) is 3.63. The van der Waals surface area contributed by atoms with Crippen LogP contribution < -0.4 is 5.32 Å². The summed E-state index contributed by atoms with van der Waals surface area (Å²) in [5.41, 5.74) is 1.48. The lowest BCUT2D eigenvalue weighted by Crippen LogP contribution is -2.09. The molecular formula is C14H17ClN2O. The van der Waals surface area contributed by atoms with Crippen LogP contribution in [0.25, 0.3) is 0 Å². The lowest BCUT2D eigenvalue weighted by Gasteiger charge is -2.10. The molecule has 1 aliphatic heterocycles. The molecule has 4 heteroatoms. The zero-order valence-corrected chi connectivity index (χ0v) is 11.0. The second-order valence-corrected chi connectivity index (χ2v) is 4.92. The molecule has 3 nitrogen and oxygen atoms in total. The predicted octanol–water partition coefficient (Wildman–Crippen LogP) is 3.58. The SMILES string of the molecule is N#Cc1ccc(NCCCC2CCCO2)cc1Cl. The fraction of sp³-hybridized carbons (Fsp3) is 0.500. The summed E-state index contributed by atoms with van der Waals surface area (Å²) in [5.74, 6) is 0. The first-order valence-electron chi connectivity index (χ1n) is 6.35. The Balaban J connectivity index is 1.73. The summed E-state index contributed by atoms with van der Waals surface area (Å²) in [6.45, 7) is 1.82. The van der Waals surface area contributed by atoms with E-state index in [9.17, 15) is 0 Å². The highest BCUT2D eigenvalue weighted by atomic mass is 35.5. The maximum atomic E-state index is 8.78. The minimum absolute atomic E-state index is 0.455. The van der Waals surface area contributed by atoms with E-state index < -0.39 is 0 Å². The van der Waals surface area contributed by atoms with E-state index in [-0.39, 0.29) is 0 Å². The number of anilines is 1. The summed E-state index contributed by atoms with van der Waals surface area (Å²) >= 11 is 5.96. The molecular weight excluding hydrogens is 248 g/mol. The van der Waals surface area contributed by atoms with Crippen LogP contribution in [0.1, 0.15) is 31.2 Å². The van der Waals surface area contributed by atoms with Gasteiger partial charge in [0.2, 0.25) is 0 Å². The molecule has 1 fully saturated rings. The van der Waals surface area contributed by atoms with Crippen molar-refractivity contribution in [1.82, 2.24) is 0 Å². The van der Waals surface area contributed by atoms with Crippen molar-refractivity contribution in [3.8, 4) is 6.07 Å². The van der Waals surface area contributed by atoms with E-state index in [0.717, 1.165) is 31.7 Å². The molecule has 1 atom stereocenters. The van der Waals surface area contributed by atoms with Crippen molar-refractivity contribution in [2.45, 2.75) is 31.8 Å². The standard InChI is InChI=1S/C14H17ClN2O/c15-14-9-12(6-5-11(14)10-16)17-7-1-3-13-4-2-8-18-13/h5-6,9,13,17H,1-4,7-8H2. The van der Waals surface area contributed by atoms with Gasteiger partial charge < -0.3 is 10.1 Å². The number of nitriles is 1. The molecule has 1 saturated heterocycles. The van der Waals surface area contributed by atoms with Gasteiger partial charge >= 0.3 is 0 Å². The first-order chi connectivity index (χ1) is 8.79. The Morgan fingerprint density at radius 2 is 2.39 bits per heavy atom. The molecule has 0 amide bonds. The van der Waals surface area contributed by atoms with E-state index in [1.807, 2.05) is 6.07 Å². The maximum Gasteiger partial charge on any atom is 0.101 e. The molecule has 0 saturated carbocycles. The second-order valence-electron chi connectivity index (χ2n) is 4.51. The zero-order valence-electron chi connectivity index (χ0n) is 10.3. The van der Waals surface area contributed by atoms with E-state index in [1.54, 1.807) is 12.1 Å². The van der Waals surface area contributed by atoms with Crippen molar-refractivity contribution in [3.63, 3.8) is 0 Å². The number of ether oxygens (including phenoxy) is 1. The topological polar surface area (TPSA) is 45.0 Å². The molecule has 96 valence electrons.